The fourth-order valence-corrected chi connectivity index (χ4v) is 6.77. The molecule has 0 aliphatic carbocycles. The molecule has 0 fully saturated rings. The van der Waals surface area contributed by atoms with Gasteiger partial charge in [-0.2, -0.15) is 0 Å². The number of carbonyl (C=O) groups is 3. The molecule has 0 saturated carbocycles. The summed E-state index contributed by atoms with van der Waals surface area (Å²) in [6.45, 7) is 6.27. The zero-order valence-electron chi connectivity index (χ0n) is 44.0. The van der Waals surface area contributed by atoms with E-state index in [9.17, 15) is 14.4 Å². The number of hydrogen-bond donors (Lipinski definition) is 0. The van der Waals surface area contributed by atoms with Gasteiger partial charge in [0, 0.05) is 19.3 Å². The summed E-state index contributed by atoms with van der Waals surface area (Å²) in [6, 6.07) is 0. The van der Waals surface area contributed by atoms with Crippen LogP contribution in [0.5, 0.6) is 0 Å². The summed E-state index contributed by atoms with van der Waals surface area (Å²) in [5.41, 5.74) is 0. The van der Waals surface area contributed by atoms with E-state index < -0.39 is 6.10 Å². The van der Waals surface area contributed by atoms with Crippen LogP contribution in [-0.4, -0.2) is 37.2 Å². The number of rotatable bonds is 47. The summed E-state index contributed by atoms with van der Waals surface area (Å²) in [6.07, 6.45) is 79.8. The van der Waals surface area contributed by atoms with Gasteiger partial charge in [0.25, 0.3) is 0 Å². The van der Waals surface area contributed by atoms with Gasteiger partial charge in [0.05, 0.1) is 0 Å². The first-order chi connectivity index (χ1) is 34.0. The molecule has 386 valence electrons. The molecule has 0 aliphatic heterocycles. The summed E-state index contributed by atoms with van der Waals surface area (Å²) < 4.78 is 16.7. The van der Waals surface area contributed by atoms with Gasteiger partial charge >= 0.3 is 17.9 Å². The van der Waals surface area contributed by atoms with Gasteiger partial charge in [0.2, 0.25) is 0 Å². The Balaban J connectivity index is 4.54. The van der Waals surface area contributed by atoms with Crippen LogP contribution in [0.3, 0.4) is 0 Å². The summed E-state index contributed by atoms with van der Waals surface area (Å²) >= 11 is 0. The Hall–Kier alpha value is -4.71. The van der Waals surface area contributed by atoms with Crippen LogP contribution in [0.2, 0.25) is 0 Å². The Morgan fingerprint density at radius 2 is 0.580 bits per heavy atom. The minimum absolute atomic E-state index is 0.123. The molecular weight excluding hydrogens is 853 g/mol. The Bertz CT molecular complexity index is 1560. The first-order valence-corrected chi connectivity index (χ1v) is 27.3. The van der Waals surface area contributed by atoms with Gasteiger partial charge in [0.1, 0.15) is 13.2 Å². The second-order valence-corrected chi connectivity index (χ2v) is 17.4. The number of unbranched alkanes of at least 4 members (excludes halogenated alkanes) is 12. The van der Waals surface area contributed by atoms with Crippen molar-refractivity contribution in [2.24, 2.45) is 0 Å². The number of carbonyl (C=O) groups excluding carboxylic acids is 3. The normalized spacial score (nSPS) is 13.3. The van der Waals surface area contributed by atoms with E-state index in [2.05, 4.69) is 167 Å². The molecule has 0 N–H and O–H groups in total. The molecule has 0 bridgehead atoms. The lowest BCUT2D eigenvalue weighted by Crippen LogP contribution is -2.30. The van der Waals surface area contributed by atoms with E-state index in [0.29, 0.717) is 12.8 Å². The molecule has 0 saturated heterocycles. The lowest BCUT2D eigenvalue weighted by Gasteiger charge is -2.18. The largest absolute Gasteiger partial charge is 0.462 e. The summed E-state index contributed by atoms with van der Waals surface area (Å²) in [5.74, 6) is -1.04. The smallest absolute Gasteiger partial charge is 0.306 e. The quantitative estimate of drug-likeness (QED) is 0.0262. The molecular formula is C63H98O6. The third-order valence-electron chi connectivity index (χ3n) is 10.8. The van der Waals surface area contributed by atoms with Crippen molar-refractivity contribution in [3.05, 3.63) is 146 Å². The third kappa shape index (κ3) is 54.1. The molecule has 1 atom stereocenters. The van der Waals surface area contributed by atoms with Crippen molar-refractivity contribution < 1.29 is 28.6 Å². The van der Waals surface area contributed by atoms with Crippen molar-refractivity contribution >= 4 is 17.9 Å². The maximum absolute atomic E-state index is 12.8. The second kappa shape index (κ2) is 55.9. The van der Waals surface area contributed by atoms with E-state index in [-0.39, 0.29) is 44.0 Å². The van der Waals surface area contributed by atoms with Crippen LogP contribution in [0, 0.1) is 0 Å². The molecule has 6 heteroatoms. The maximum Gasteiger partial charge on any atom is 0.306 e. The lowest BCUT2D eigenvalue weighted by atomic mass is 10.1. The van der Waals surface area contributed by atoms with E-state index in [1.165, 1.54) is 25.7 Å². The van der Waals surface area contributed by atoms with Gasteiger partial charge in [-0.3, -0.25) is 14.4 Å². The molecule has 69 heavy (non-hydrogen) atoms. The summed E-state index contributed by atoms with van der Waals surface area (Å²) in [4.78, 5) is 38.0. The second-order valence-electron chi connectivity index (χ2n) is 17.4. The van der Waals surface area contributed by atoms with E-state index in [1.807, 2.05) is 0 Å². The predicted molar refractivity (Wildman–Crippen MR) is 297 cm³/mol. The number of allylic oxidation sites excluding steroid dienone is 24. The molecule has 0 aliphatic rings. The highest BCUT2D eigenvalue weighted by Gasteiger charge is 2.19. The zero-order valence-corrected chi connectivity index (χ0v) is 44.0. The van der Waals surface area contributed by atoms with E-state index >= 15 is 0 Å². The van der Waals surface area contributed by atoms with Crippen LogP contribution >= 0.6 is 0 Å². The fraction of sp³-hybridized carbons (Fsp3) is 0.571. The Labute approximate surface area is 423 Å². The van der Waals surface area contributed by atoms with E-state index in [0.717, 1.165) is 141 Å². The third-order valence-corrected chi connectivity index (χ3v) is 10.8. The van der Waals surface area contributed by atoms with E-state index in [1.54, 1.807) is 0 Å². The van der Waals surface area contributed by atoms with Crippen molar-refractivity contribution in [3.8, 4) is 0 Å². The maximum atomic E-state index is 12.8. The van der Waals surface area contributed by atoms with E-state index in [4.69, 9.17) is 14.2 Å². The van der Waals surface area contributed by atoms with Gasteiger partial charge < -0.3 is 14.2 Å². The summed E-state index contributed by atoms with van der Waals surface area (Å²) in [7, 11) is 0. The van der Waals surface area contributed by atoms with Crippen LogP contribution in [0.4, 0.5) is 0 Å². The van der Waals surface area contributed by atoms with Crippen molar-refractivity contribution in [1.29, 1.82) is 0 Å². The average Bonchev–Trinajstić information content (AvgIpc) is 3.35. The molecule has 6 nitrogen and oxygen atoms in total. The van der Waals surface area contributed by atoms with Crippen LogP contribution in [0.1, 0.15) is 213 Å². The molecule has 1 unspecified atom stereocenters. The molecule has 0 amide bonds. The van der Waals surface area contributed by atoms with Crippen molar-refractivity contribution in [2.75, 3.05) is 13.2 Å². The zero-order chi connectivity index (χ0) is 50.0. The van der Waals surface area contributed by atoms with Crippen LogP contribution in [0.15, 0.2) is 146 Å². The molecule has 0 heterocycles. The first kappa shape index (κ1) is 64.3. The minimum Gasteiger partial charge on any atom is -0.462 e. The predicted octanol–water partition coefficient (Wildman–Crippen LogP) is 18.4. The molecule has 0 spiro atoms. The van der Waals surface area contributed by atoms with Crippen molar-refractivity contribution in [2.45, 2.75) is 219 Å². The minimum atomic E-state index is -0.827. The number of esters is 3. The van der Waals surface area contributed by atoms with Crippen molar-refractivity contribution in [3.63, 3.8) is 0 Å². The summed E-state index contributed by atoms with van der Waals surface area (Å²) in [5, 5.41) is 0. The topological polar surface area (TPSA) is 78.9 Å². The molecule has 0 radical (unpaired) electrons. The Morgan fingerprint density at radius 1 is 0.304 bits per heavy atom. The number of hydrogen-bond acceptors (Lipinski definition) is 6. The Kier molecular flexibility index (Phi) is 52.1. The highest BCUT2D eigenvalue weighted by molar-refractivity contribution is 5.71. The monoisotopic (exact) mass is 951 g/mol. The SMILES string of the molecule is CC/C=C\C/C=C\C/C=C\C/C=C\C/C=C\C/C=C\C/C=C\CCCC(=O)OCC(COC(=O)CCCCC/C=C\C/C=C\C/C=C\CC)OC(=O)CCCCCCC/C=C\C/C=C\CCCCC. The van der Waals surface area contributed by atoms with Gasteiger partial charge in [0.15, 0.2) is 6.10 Å². The first-order valence-electron chi connectivity index (χ1n) is 27.3. The fourth-order valence-electron chi connectivity index (χ4n) is 6.77. The van der Waals surface area contributed by atoms with Gasteiger partial charge in [-0.25, -0.2) is 0 Å². The highest BCUT2D eigenvalue weighted by atomic mass is 16.6. The lowest BCUT2D eigenvalue weighted by molar-refractivity contribution is -0.167. The number of ether oxygens (including phenoxy) is 3. The Morgan fingerprint density at radius 3 is 0.957 bits per heavy atom. The van der Waals surface area contributed by atoms with Gasteiger partial charge in [-0.15, -0.1) is 0 Å². The standard InChI is InChI=1S/C63H98O6/c1-4-7-10-13-16-19-22-25-27-28-29-30-31-32-33-34-36-38-41-44-47-50-53-56-62(65)68-59-60(58-67-61(64)55-52-49-46-43-40-37-24-21-18-15-12-9-6-3)69-63(66)57-54-51-48-45-42-39-35-26-23-20-17-14-11-8-5-2/h7,9-10,12,16-21,25-27,29-30,32-33,35-38,40,44,47,60H,4-6,8,11,13-15,22-24,28,31,34,39,41-43,45-46,48-59H2,1-3H3/b10-7-,12-9-,19-16-,20-17-,21-18-,27-25-,30-29-,33-32-,35-26-,38-36-,40-37-,47-44-. The molecule has 0 rings (SSSR count). The molecule has 0 aromatic carbocycles. The molecule has 0 aromatic heterocycles. The van der Waals surface area contributed by atoms with Crippen molar-refractivity contribution in [1.82, 2.24) is 0 Å². The van der Waals surface area contributed by atoms with Crippen LogP contribution < -0.4 is 0 Å². The average molecular weight is 951 g/mol. The van der Waals surface area contributed by atoms with Gasteiger partial charge in [-0.1, -0.05) is 205 Å². The highest BCUT2D eigenvalue weighted by Crippen LogP contribution is 2.12. The van der Waals surface area contributed by atoms with Crippen LogP contribution in [0.25, 0.3) is 0 Å². The van der Waals surface area contributed by atoms with Crippen LogP contribution in [-0.2, 0) is 28.6 Å². The molecule has 0 aromatic rings. The van der Waals surface area contributed by atoms with Gasteiger partial charge in [-0.05, 0) is 135 Å².